The van der Waals surface area contributed by atoms with Crippen molar-refractivity contribution in [1.29, 1.82) is 0 Å². The van der Waals surface area contributed by atoms with Crippen LogP contribution in [0.3, 0.4) is 0 Å². The van der Waals surface area contributed by atoms with Gasteiger partial charge in [0.1, 0.15) is 5.82 Å². The highest BCUT2D eigenvalue weighted by Crippen LogP contribution is 2.26. The van der Waals surface area contributed by atoms with Gasteiger partial charge in [0.2, 0.25) is 5.95 Å². The minimum Gasteiger partial charge on any atom is -0.352 e. The number of aryl methyl sites for hydroxylation is 1. The molecule has 2 heterocycles. The van der Waals surface area contributed by atoms with E-state index in [1.54, 1.807) is 0 Å². The Balaban J connectivity index is 1.86. The minimum atomic E-state index is 0.370. The highest BCUT2D eigenvalue weighted by atomic mass is 35.5. The van der Waals surface area contributed by atoms with E-state index in [4.69, 9.17) is 16.6 Å². The first kappa shape index (κ1) is 17.0. The number of nitrogens with zero attached hydrogens (tertiary/aromatic N) is 3. The van der Waals surface area contributed by atoms with Crippen LogP contribution in [0.5, 0.6) is 0 Å². The number of hydrogen-bond donors (Lipinski definition) is 1. The van der Waals surface area contributed by atoms with E-state index >= 15 is 0 Å². The maximum absolute atomic E-state index is 6.11. The van der Waals surface area contributed by atoms with Crippen LogP contribution in [0.4, 0.5) is 11.8 Å². The Morgan fingerprint density at radius 1 is 1.21 bits per heavy atom. The van der Waals surface area contributed by atoms with Gasteiger partial charge < -0.3 is 10.2 Å². The van der Waals surface area contributed by atoms with Crippen LogP contribution in [-0.2, 0) is 19.4 Å². The molecule has 2 aromatic rings. The maximum Gasteiger partial charge on any atom is 0.225 e. The van der Waals surface area contributed by atoms with Crippen LogP contribution >= 0.6 is 11.6 Å². The molecule has 5 heteroatoms. The van der Waals surface area contributed by atoms with Gasteiger partial charge in [0, 0.05) is 35.9 Å². The Kier molecular flexibility index (Phi) is 5.24. The molecule has 0 bridgehead atoms. The highest BCUT2D eigenvalue weighted by Gasteiger charge is 2.19. The van der Waals surface area contributed by atoms with E-state index in [-0.39, 0.29) is 0 Å². The predicted molar refractivity (Wildman–Crippen MR) is 101 cm³/mol. The molecule has 1 aromatic carbocycles. The van der Waals surface area contributed by atoms with E-state index in [1.807, 2.05) is 6.07 Å². The van der Waals surface area contributed by atoms with Crippen molar-refractivity contribution in [3.05, 3.63) is 46.1 Å². The number of rotatable bonds is 5. The molecule has 1 aromatic heterocycles. The quantitative estimate of drug-likeness (QED) is 0.869. The Labute approximate surface area is 149 Å². The molecule has 4 nitrogen and oxygen atoms in total. The van der Waals surface area contributed by atoms with Crippen molar-refractivity contribution in [2.45, 2.75) is 52.6 Å². The fourth-order valence-electron chi connectivity index (χ4n) is 2.93. The van der Waals surface area contributed by atoms with Crippen LogP contribution < -0.4 is 10.2 Å². The first-order chi connectivity index (χ1) is 11.6. The van der Waals surface area contributed by atoms with E-state index in [2.05, 4.69) is 54.2 Å². The molecule has 1 aliphatic rings. The van der Waals surface area contributed by atoms with Gasteiger partial charge in [-0.15, -0.1) is 0 Å². The van der Waals surface area contributed by atoms with Crippen molar-refractivity contribution < 1.29 is 0 Å². The number of nitrogens with one attached hydrogen (secondary N) is 1. The minimum absolute atomic E-state index is 0.370. The zero-order valence-corrected chi connectivity index (χ0v) is 15.4. The summed E-state index contributed by atoms with van der Waals surface area (Å²) in [6.45, 7) is 8.27. The molecule has 0 aliphatic carbocycles. The third-order valence-electron chi connectivity index (χ3n) is 4.62. The zero-order valence-electron chi connectivity index (χ0n) is 14.6. The monoisotopic (exact) mass is 344 g/mol. The molecule has 0 spiro atoms. The summed E-state index contributed by atoms with van der Waals surface area (Å²) < 4.78 is 0. The molecule has 128 valence electrons. The van der Waals surface area contributed by atoms with Crippen LogP contribution in [0.1, 0.15) is 44.0 Å². The largest absolute Gasteiger partial charge is 0.352 e. The number of benzene rings is 1. The summed E-state index contributed by atoms with van der Waals surface area (Å²) in [4.78, 5) is 11.7. The zero-order chi connectivity index (χ0) is 17.1. The molecule has 1 atom stereocenters. The van der Waals surface area contributed by atoms with E-state index in [0.717, 1.165) is 54.8 Å². The molecule has 0 saturated carbocycles. The lowest BCUT2D eigenvalue weighted by molar-refractivity contribution is 0.712. The van der Waals surface area contributed by atoms with Crippen molar-refractivity contribution in [1.82, 2.24) is 9.97 Å². The standard InChI is InChI=1S/C19H25ClN4/c1-4-13(3)21-19-22-17(5-2)11-18(23-19)24-9-8-14-10-16(20)7-6-15(14)12-24/h6-7,10-11,13H,4-5,8-9,12H2,1-3H3,(H,21,22,23)/t13-/m1/s1. The van der Waals surface area contributed by atoms with Crippen LogP contribution in [0.15, 0.2) is 24.3 Å². The summed E-state index contributed by atoms with van der Waals surface area (Å²) >= 11 is 6.11. The van der Waals surface area contributed by atoms with E-state index in [1.165, 1.54) is 11.1 Å². The summed E-state index contributed by atoms with van der Waals surface area (Å²) in [7, 11) is 0. The normalized spacial score (nSPS) is 15.1. The van der Waals surface area contributed by atoms with E-state index in [0.29, 0.717) is 6.04 Å². The Bertz CT molecular complexity index is 717. The Morgan fingerprint density at radius 2 is 2.04 bits per heavy atom. The third kappa shape index (κ3) is 3.81. The highest BCUT2D eigenvalue weighted by molar-refractivity contribution is 6.30. The van der Waals surface area contributed by atoms with Crippen molar-refractivity contribution >= 4 is 23.4 Å². The maximum atomic E-state index is 6.11. The molecule has 0 fully saturated rings. The topological polar surface area (TPSA) is 41.1 Å². The van der Waals surface area contributed by atoms with Gasteiger partial charge in [-0.2, -0.15) is 4.98 Å². The average Bonchev–Trinajstić information content (AvgIpc) is 2.60. The number of anilines is 2. The lowest BCUT2D eigenvalue weighted by atomic mass is 10.00. The van der Waals surface area contributed by atoms with Gasteiger partial charge in [-0.3, -0.25) is 0 Å². The van der Waals surface area contributed by atoms with Crippen LogP contribution in [0.25, 0.3) is 0 Å². The molecular weight excluding hydrogens is 320 g/mol. The fourth-order valence-corrected chi connectivity index (χ4v) is 3.13. The Morgan fingerprint density at radius 3 is 2.79 bits per heavy atom. The summed E-state index contributed by atoms with van der Waals surface area (Å²) in [6, 6.07) is 8.67. The van der Waals surface area contributed by atoms with Gasteiger partial charge in [0.05, 0.1) is 0 Å². The first-order valence-corrected chi connectivity index (χ1v) is 9.13. The van der Waals surface area contributed by atoms with Crippen LogP contribution in [0, 0.1) is 0 Å². The molecule has 1 aliphatic heterocycles. The molecule has 0 radical (unpaired) electrons. The summed E-state index contributed by atoms with van der Waals surface area (Å²) in [5.41, 5.74) is 3.76. The van der Waals surface area contributed by atoms with Crippen LogP contribution in [0.2, 0.25) is 5.02 Å². The van der Waals surface area contributed by atoms with Gasteiger partial charge in [0.25, 0.3) is 0 Å². The van der Waals surface area contributed by atoms with Gasteiger partial charge in [0.15, 0.2) is 0 Å². The summed E-state index contributed by atoms with van der Waals surface area (Å²) in [5, 5.41) is 4.22. The molecule has 1 N–H and O–H groups in total. The molecule has 24 heavy (non-hydrogen) atoms. The van der Waals surface area contributed by atoms with Crippen molar-refractivity contribution in [2.24, 2.45) is 0 Å². The SMILES string of the molecule is CCc1cc(N2CCc3cc(Cl)ccc3C2)nc(N[C@H](C)CC)n1. The van der Waals surface area contributed by atoms with Crippen molar-refractivity contribution in [3.63, 3.8) is 0 Å². The molecule has 0 saturated heterocycles. The summed E-state index contributed by atoms with van der Waals surface area (Å²) in [6.07, 6.45) is 2.95. The molecule has 3 rings (SSSR count). The second-order valence-corrected chi connectivity index (χ2v) is 6.87. The molecular formula is C19H25ClN4. The van der Waals surface area contributed by atoms with Gasteiger partial charge in [-0.05, 0) is 49.4 Å². The number of hydrogen-bond acceptors (Lipinski definition) is 4. The van der Waals surface area contributed by atoms with Crippen molar-refractivity contribution in [2.75, 3.05) is 16.8 Å². The smallest absolute Gasteiger partial charge is 0.225 e. The molecule has 0 amide bonds. The van der Waals surface area contributed by atoms with E-state index < -0.39 is 0 Å². The van der Waals surface area contributed by atoms with Crippen molar-refractivity contribution in [3.8, 4) is 0 Å². The predicted octanol–water partition coefficient (Wildman–Crippen LogP) is 4.47. The fraction of sp³-hybridized carbons (Fsp3) is 0.474. The Hall–Kier alpha value is -1.81. The van der Waals surface area contributed by atoms with Gasteiger partial charge in [-0.1, -0.05) is 31.5 Å². The van der Waals surface area contributed by atoms with E-state index in [9.17, 15) is 0 Å². The second-order valence-electron chi connectivity index (χ2n) is 6.43. The van der Waals surface area contributed by atoms with Gasteiger partial charge in [-0.25, -0.2) is 4.98 Å². The molecule has 0 unspecified atom stereocenters. The van der Waals surface area contributed by atoms with Gasteiger partial charge >= 0.3 is 0 Å². The third-order valence-corrected chi connectivity index (χ3v) is 4.86. The lowest BCUT2D eigenvalue weighted by Gasteiger charge is -2.30. The number of fused-ring (bicyclic) bond motifs is 1. The van der Waals surface area contributed by atoms with Crippen LogP contribution in [-0.4, -0.2) is 22.6 Å². The second kappa shape index (κ2) is 7.39. The lowest BCUT2D eigenvalue weighted by Crippen LogP contribution is -2.31. The number of halogens is 1. The first-order valence-electron chi connectivity index (χ1n) is 8.75. The number of aromatic nitrogens is 2. The summed E-state index contributed by atoms with van der Waals surface area (Å²) in [5.74, 6) is 1.74. The average molecular weight is 345 g/mol.